The smallest absolute Gasteiger partial charge is 0.287 e. The first-order chi connectivity index (χ1) is 14.7. The molecule has 1 N–H and O–H groups in total. The van der Waals surface area contributed by atoms with Crippen molar-refractivity contribution in [3.05, 3.63) is 47.7 Å². The number of amides is 1. The number of furan rings is 1. The summed E-state index contributed by atoms with van der Waals surface area (Å²) in [5.41, 5.74) is 2.20. The molecule has 2 aliphatic rings. The largest absolute Gasteiger partial charge is 0.451 e. The number of aryl methyl sites for hydroxylation is 1. The van der Waals surface area contributed by atoms with E-state index in [0.717, 1.165) is 30.3 Å². The second kappa shape index (κ2) is 10.3. The number of rotatable bonds is 7. The van der Waals surface area contributed by atoms with E-state index in [-0.39, 0.29) is 5.91 Å². The summed E-state index contributed by atoms with van der Waals surface area (Å²) in [5.74, 6) is 0.988. The maximum absolute atomic E-state index is 12.4. The van der Waals surface area contributed by atoms with Crippen molar-refractivity contribution in [1.29, 1.82) is 0 Å². The van der Waals surface area contributed by atoms with Gasteiger partial charge in [0.2, 0.25) is 0 Å². The summed E-state index contributed by atoms with van der Waals surface area (Å²) in [7, 11) is 0. The number of hydrogen-bond acceptors (Lipinski definition) is 4. The number of nitrogens with one attached hydrogen (secondary N) is 1. The topological polar surface area (TPSA) is 48.7 Å². The molecule has 3 heterocycles. The molecule has 1 aromatic heterocycles. The van der Waals surface area contributed by atoms with Crippen LogP contribution in [0, 0.1) is 6.92 Å². The molecule has 0 spiro atoms. The first-order valence-electron chi connectivity index (χ1n) is 11.6. The van der Waals surface area contributed by atoms with Gasteiger partial charge in [-0.3, -0.25) is 4.79 Å². The summed E-state index contributed by atoms with van der Waals surface area (Å²) in [6.45, 7) is 8.78. The predicted octanol–water partition coefficient (Wildman–Crippen LogP) is 4.33. The van der Waals surface area contributed by atoms with E-state index < -0.39 is 0 Å². The van der Waals surface area contributed by atoms with Crippen LogP contribution in [-0.4, -0.2) is 61.0 Å². The summed E-state index contributed by atoms with van der Waals surface area (Å²) in [5, 5.41) is 3.01. The summed E-state index contributed by atoms with van der Waals surface area (Å²) in [4.78, 5) is 17.7. The first kappa shape index (κ1) is 21.1. The Bertz CT molecular complexity index is 800. The lowest BCUT2D eigenvalue weighted by Crippen LogP contribution is -2.47. The Morgan fingerprint density at radius 1 is 1.00 bits per heavy atom. The maximum atomic E-state index is 12.4. The Balaban J connectivity index is 1.15. The van der Waals surface area contributed by atoms with Gasteiger partial charge in [0.1, 0.15) is 5.76 Å². The molecule has 0 saturated carbocycles. The van der Waals surface area contributed by atoms with Crippen LogP contribution in [0.25, 0.3) is 11.3 Å². The second-order valence-corrected chi connectivity index (χ2v) is 8.81. The van der Waals surface area contributed by atoms with E-state index in [0.29, 0.717) is 12.3 Å². The molecule has 0 unspecified atom stereocenters. The second-order valence-electron chi connectivity index (χ2n) is 8.81. The van der Waals surface area contributed by atoms with Crippen molar-refractivity contribution in [3.63, 3.8) is 0 Å². The van der Waals surface area contributed by atoms with Gasteiger partial charge in [-0.25, -0.2) is 0 Å². The third-order valence-corrected chi connectivity index (χ3v) is 6.57. The van der Waals surface area contributed by atoms with Gasteiger partial charge in [-0.15, -0.1) is 0 Å². The molecular weight excluding hydrogens is 374 g/mol. The van der Waals surface area contributed by atoms with Crippen LogP contribution in [0.2, 0.25) is 0 Å². The molecule has 5 heteroatoms. The van der Waals surface area contributed by atoms with E-state index in [4.69, 9.17) is 4.42 Å². The molecule has 0 atom stereocenters. The van der Waals surface area contributed by atoms with Crippen LogP contribution in [-0.2, 0) is 0 Å². The van der Waals surface area contributed by atoms with Crippen LogP contribution >= 0.6 is 0 Å². The summed E-state index contributed by atoms with van der Waals surface area (Å²) < 4.78 is 5.76. The number of likely N-dealkylation sites (tertiary alicyclic amines) is 2. The van der Waals surface area contributed by atoms with E-state index in [1.165, 1.54) is 63.8 Å². The van der Waals surface area contributed by atoms with Crippen LogP contribution in [0.1, 0.15) is 54.6 Å². The van der Waals surface area contributed by atoms with Gasteiger partial charge in [0.15, 0.2) is 5.76 Å². The van der Waals surface area contributed by atoms with Crippen LogP contribution in [0.4, 0.5) is 0 Å². The van der Waals surface area contributed by atoms with E-state index in [9.17, 15) is 4.79 Å². The highest BCUT2D eigenvalue weighted by Crippen LogP contribution is 2.23. The van der Waals surface area contributed by atoms with Crippen molar-refractivity contribution in [2.75, 3.05) is 39.3 Å². The normalized spacial score (nSPS) is 19.1. The number of hydrogen-bond donors (Lipinski definition) is 1. The van der Waals surface area contributed by atoms with Crippen LogP contribution in [0.3, 0.4) is 0 Å². The minimum atomic E-state index is -0.128. The third kappa shape index (κ3) is 5.52. The highest BCUT2D eigenvalue weighted by atomic mass is 16.3. The quantitative estimate of drug-likeness (QED) is 0.692. The van der Waals surface area contributed by atoms with E-state index in [2.05, 4.69) is 22.0 Å². The fourth-order valence-corrected chi connectivity index (χ4v) is 4.72. The maximum Gasteiger partial charge on any atom is 0.287 e. The predicted molar refractivity (Wildman–Crippen MR) is 121 cm³/mol. The van der Waals surface area contributed by atoms with E-state index >= 15 is 0 Å². The van der Waals surface area contributed by atoms with Gasteiger partial charge < -0.3 is 19.5 Å². The van der Waals surface area contributed by atoms with Crippen molar-refractivity contribution < 1.29 is 9.21 Å². The third-order valence-electron chi connectivity index (χ3n) is 6.57. The highest BCUT2D eigenvalue weighted by molar-refractivity contribution is 5.92. The molecule has 5 nitrogen and oxygen atoms in total. The highest BCUT2D eigenvalue weighted by Gasteiger charge is 2.25. The van der Waals surface area contributed by atoms with Gasteiger partial charge in [0, 0.05) is 18.2 Å². The fourth-order valence-electron chi connectivity index (χ4n) is 4.72. The molecule has 30 heavy (non-hydrogen) atoms. The Labute approximate surface area is 180 Å². The fraction of sp³-hybridized carbons (Fsp3) is 0.560. The van der Waals surface area contributed by atoms with Crippen molar-refractivity contribution in [2.24, 2.45) is 0 Å². The zero-order chi connectivity index (χ0) is 20.8. The van der Waals surface area contributed by atoms with Gasteiger partial charge in [-0.2, -0.15) is 0 Å². The van der Waals surface area contributed by atoms with E-state index in [1.54, 1.807) is 6.07 Å². The number of benzene rings is 1. The average molecular weight is 410 g/mol. The Morgan fingerprint density at radius 3 is 2.47 bits per heavy atom. The van der Waals surface area contributed by atoms with E-state index in [1.807, 2.05) is 30.3 Å². The molecule has 162 valence electrons. The molecule has 2 saturated heterocycles. The Morgan fingerprint density at radius 2 is 1.73 bits per heavy atom. The minimum absolute atomic E-state index is 0.128. The summed E-state index contributed by atoms with van der Waals surface area (Å²) in [6.07, 6.45) is 7.73. The molecule has 4 rings (SSSR count). The molecule has 0 aliphatic carbocycles. The van der Waals surface area contributed by atoms with Crippen molar-refractivity contribution in [1.82, 2.24) is 15.1 Å². The summed E-state index contributed by atoms with van der Waals surface area (Å²) in [6, 6.07) is 12.6. The van der Waals surface area contributed by atoms with Crippen LogP contribution in [0.5, 0.6) is 0 Å². The Kier molecular flexibility index (Phi) is 7.24. The molecule has 2 aliphatic heterocycles. The molecule has 2 fully saturated rings. The van der Waals surface area contributed by atoms with Gasteiger partial charge in [-0.1, -0.05) is 36.2 Å². The van der Waals surface area contributed by atoms with Crippen molar-refractivity contribution >= 4 is 5.91 Å². The van der Waals surface area contributed by atoms with Gasteiger partial charge in [0.25, 0.3) is 5.91 Å². The average Bonchev–Trinajstić information content (AvgIpc) is 3.28. The van der Waals surface area contributed by atoms with Gasteiger partial charge in [0.05, 0.1) is 0 Å². The van der Waals surface area contributed by atoms with Gasteiger partial charge >= 0.3 is 0 Å². The molecule has 1 amide bonds. The number of carbonyl (C=O) groups excluding carboxylic acids is 1. The summed E-state index contributed by atoms with van der Waals surface area (Å²) >= 11 is 0. The standard InChI is InChI=1S/C25H35N3O2/c1-20-6-8-21(9-7-20)23-10-11-24(30-23)25(29)26-14-5-15-27-18-12-22(13-19-27)28-16-3-2-4-17-28/h6-11,22H,2-5,12-19H2,1H3,(H,26,29). The monoisotopic (exact) mass is 409 g/mol. The van der Waals surface area contributed by atoms with Crippen molar-refractivity contribution in [2.45, 2.75) is 51.5 Å². The molecule has 1 aromatic carbocycles. The zero-order valence-corrected chi connectivity index (χ0v) is 18.2. The molecular formula is C25H35N3O2. The zero-order valence-electron chi connectivity index (χ0n) is 18.2. The first-order valence-corrected chi connectivity index (χ1v) is 11.6. The van der Waals surface area contributed by atoms with Crippen LogP contribution < -0.4 is 5.32 Å². The SMILES string of the molecule is Cc1ccc(-c2ccc(C(=O)NCCCN3CCC(N4CCCCC4)CC3)o2)cc1. The van der Waals surface area contributed by atoms with Crippen molar-refractivity contribution in [3.8, 4) is 11.3 Å². The lowest BCUT2D eigenvalue weighted by Gasteiger charge is -2.40. The van der Waals surface area contributed by atoms with Crippen LogP contribution in [0.15, 0.2) is 40.8 Å². The Hall–Kier alpha value is -2.11. The lowest BCUT2D eigenvalue weighted by molar-refractivity contribution is 0.0892. The number of nitrogens with zero attached hydrogens (tertiary/aromatic N) is 2. The minimum Gasteiger partial charge on any atom is -0.451 e. The lowest BCUT2D eigenvalue weighted by atomic mass is 10.00. The molecule has 0 radical (unpaired) electrons. The van der Waals surface area contributed by atoms with Gasteiger partial charge in [-0.05, 0) is 83.9 Å². The number of carbonyl (C=O) groups is 1. The molecule has 0 bridgehead atoms. The number of piperidine rings is 2. The molecule has 2 aromatic rings.